The molecule has 0 amide bonds. The Bertz CT molecular complexity index is 846. The predicted molar refractivity (Wildman–Crippen MR) is 73.4 cm³/mol. The molecule has 21 heavy (non-hydrogen) atoms. The highest BCUT2D eigenvalue weighted by Gasteiger charge is 2.15. The fraction of sp³-hybridized carbons (Fsp3) is 0.0714. The molecular weight excluding hydrogens is 276 g/mol. The van der Waals surface area contributed by atoms with E-state index in [1.807, 2.05) is 6.07 Å². The highest BCUT2D eigenvalue weighted by Crippen LogP contribution is 2.23. The van der Waals surface area contributed by atoms with Crippen LogP contribution in [0, 0.1) is 10.1 Å². The minimum Gasteiger partial charge on any atom is -0.478 e. The number of furan rings is 1. The van der Waals surface area contributed by atoms with Crippen LogP contribution >= 0.6 is 0 Å². The fourth-order valence-electron chi connectivity index (χ4n) is 2.23. The second-order valence-corrected chi connectivity index (χ2v) is 4.51. The third-order valence-corrected chi connectivity index (χ3v) is 3.26. The Hall–Kier alpha value is -3.09. The molecule has 0 bridgehead atoms. The van der Waals surface area contributed by atoms with Gasteiger partial charge in [-0.2, -0.15) is 0 Å². The summed E-state index contributed by atoms with van der Waals surface area (Å²) in [5, 5.41) is 20.7. The molecule has 0 radical (unpaired) electrons. The Morgan fingerprint density at radius 2 is 2.14 bits per heavy atom. The molecule has 0 saturated heterocycles. The standard InChI is InChI=1S/C14H10N2O5/c17-14(18)11-4-6-21-13(11)8-15-5-3-9-1-2-10(16(19)20)7-12(9)15/h1-7H,8H2,(H,17,18). The number of nitrogens with zero attached hydrogens (tertiary/aromatic N) is 2. The molecular formula is C14H10N2O5. The Morgan fingerprint density at radius 1 is 1.33 bits per heavy atom. The summed E-state index contributed by atoms with van der Waals surface area (Å²) in [4.78, 5) is 21.4. The highest BCUT2D eigenvalue weighted by molar-refractivity contribution is 5.88. The summed E-state index contributed by atoms with van der Waals surface area (Å²) >= 11 is 0. The molecule has 2 heterocycles. The molecule has 0 fully saturated rings. The monoisotopic (exact) mass is 286 g/mol. The quantitative estimate of drug-likeness (QED) is 0.587. The topological polar surface area (TPSA) is 98.5 Å². The maximum atomic E-state index is 11.1. The number of nitro benzene ring substituents is 1. The predicted octanol–water partition coefficient (Wildman–Crippen LogP) is 2.89. The van der Waals surface area contributed by atoms with Crippen molar-refractivity contribution in [2.75, 3.05) is 0 Å². The number of carboxylic acids is 1. The molecule has 0 aliphatic heterocycles. The maximum absolute atomic E-state index is 11.1. The van der Waals surface area contributed by atoms with Crippen LogP contribution in [0.4, 0.5) is 5.69 Å². The van der Waals surface area contributed by atoms with Crippen molar-refractivity contribution < 1.29 is 19.2 Å². The van der Waals surface area contributed by atoms with Crippen LogP contribution in [0.1, 0.15) is 16.1 Å². The molecule has 1 N–H and O–H groups in total. The minimum atomic E-state index is -1.07. The van der Waals surface area contributed by atoms with E-state index in [0.717, 1.165) is 5.39 Å². The van der Waals surface area contributed by atoms with Gasteiger partial charge in [-0.1, -0.05) is 0 Å². The average Bonchev–Trinajstić information content (AvgIpc) is 3.06. The number of aromatic carboxylic acids is 1. The van der Waals surface area contributed by atoms with Gasteiger partial charge in [0.1, 0.15) is 11.3 Å². The minimum absolute atomic E-state index is 0.0136. The van der Waals surface area contributed by atoms with E-state index >= 15 is 0 Å². The molecule has 7 nitrogen and oxygen atoms in total. The van der Waals surface area contributed by atoms with Gasteiger partial charge in [-0.05, 0) is 18.2 Å². The average molecular weight is 286 g/mol. The highest BCUT2D eigenvalue weighted by atomic mass is 16.6. The third kappa shape index (κ3) is 2.25. The smallest absolute Gasteiger partial charge is 0.339 e. The molecule has 0 atom stereocenters. The number of carboxylic acid groups (broad SMARTS) is 1. The number of fused-ring (bicyclic) bond motifs is 1. The molecule has 0 unspecified atom stereocenters. The van der Waals surface area contributed by atoms with E-state index in [9.17, 15) is 14.9 Å². The van der Waals surface area contributed by atoms with Crippen molar-refractivity contribution in [3.05, 3.63) is 64.2 Å². The molecule has 106 valence electrons. The summed E-state index contributed by atoms with van der Waals surface area (Å²) in [6, 6.07) is 7.74. The molecule has 1 aromatic carbocycles. The van der Waals surface area contributed by atoms with Crippen LogP contribution in [-0.4, -0.2) is 20.6 Å². The SMILES string of the molecule is O=C(O)c1ccoc1Cn1ccc2ccc([N+](=O)[O-])cc21. The summed E-state index contributed by atoms with van der Waals surface area (Å²) in [6.45, 7) is 0.194. The number of non-ortho nitro benzene ring substituents is 1. The first-order chi connectivity index (χ1) is 10.1. The van der Waals surface area contributed by atoms with Crippen molar-refractivity contribution in [2.24, 2.45) is 0 Å². The van der Waals surface area contributed by atoms with Crippen LogP contribution in [-0.2, 0) is 6.54 Å². The molecule has 0 aliphatic carbocycles. The Kier molecular flexibility index (Phi) is 2.94. The number of nitro groups is 1. The summed E-state index contributed by atoms with van der Waals surface area (Å²) in [6.07, 6.45) is 3.05. The Balaban J connectivity index is 2.04. The van der Waals surface area contributed by atoms with Crippen molar-refractivity contribution >= 4 is 22.6 Å². The normalized spacial score (nSPS) is 10.9. The van der Waals surface area contributed by atoms with Gasteiger partial charge < -0.3 is 14.1 Å². The summed E-state index contributed by atoms with van der Waals surface area (Å²) in [7, 11) is 0. The first kappa shape index (κ1) is 12.9. The van der Waals surface area contributed by atoms with E-state index in [1.165, 1.54) is 24.5 Å². The molecule has 0 saturated carbocycles. The Labute approximate surface area is 118 Å². The summed E-state index contributed by atoms with van der Waals surface area (Å²) < 4.78 is 6.91. The van der Waals surface area contributed by atoms with E-state index < -0.39 is 10.9 Å². The molecule has 2 aromatic heterocycles. The number of hydrogen-bond acceptors (Lipinski definition) is 4. The second kappa shape index (κ2) is 4.78. The van der Waals surface area contributed by atoms with Crippen LogP contribution in [0.25, 0.3) is 10.9 Å². The van der Waals surface area contributed by atoms with E-state index in [0.29, 0.717) is 11.3 Å². The summed E-state index contributed by atoms with van der Waals surface area (Å²) in [5.74, 6) is -0.771. The van der Waals surface area contributed by atoms with Crippen molar-refractivity contribution in [2.45, 2.75) is 6.54 Å². The maximum Gasteiger partial charge on any atom is 0.339 e. The van der Waals surface area contributed by atoms with Gasteiger partial charge in [0.2, 0.25) is 0 Å². The lowest BCUT2D eigenvalue weighted by Crippen LogP contribution is -2.04. The van der Waals surface area contributed by atoms with Crippen molar-refractivity contribution in [1.82, 2.24) is 4.57 Å². The molecule has 3 rings (SSSR count). The van der Waals surface area contributed by atoms with Crippen LogP contribution < -0.4 is 0 Å². The van der Waals surface area contributed by atoms with Crippen LogP contribution in [0.3, 0.4) is 0 Å². The lowest BCUT2D eigenvalue weighted by atomic mass is 10.2. The number of hydrogen-bond donors (Lipinski definition) is 1. The van der Waals surface area contributed by atoms with Crippen molar-refractivity contribution in [3.63, 3.8) is 0 Å². The van der Waals surface area contributed by atoms with Crippen LogP contribution in [0.5, 0.6) is 0 Å². The third-order valence-electron chi connectivity index (χ3n) is 3.26. The second-order valence-electron chi connectivity index (χ2n) is 4.51. The largest absolute Gasteiger partial charge is 0.478 e. The Morgan fingerprint density at radius 3 is 2.86 bits per heavy atom. The van der Waals surface area contributed by atoms with Gasteiger partial charge in [0, 0.05) is 23.7 Å². The van der Waals surface area contributed by atoms with Crippen molar-refractivity contribution in [3.8, 4) is 0 Å². The van der Waals surface area contributed by atoms with Gasteiger partial charge in [0.05, 0.1) is 23.2 Å². The van der Waals surface area contributed by atoms with E-state index in [4.69, 9.17) is 9.52 Å². The van der Waals surface area contributed by atoms with Gasteiger partial charge in [-0.25, -0.2) is 4.79 Å². The van der Waals surface area contributed by atoms with E-state index in [1.54, 1.807) is 16.8 Å². The molecule has 0 spiro atoms. The van der Waals surface area contributed by atoms with Gasteiger partial charge >= 0.3 is 5.97 Å². The van der Waals surface area contributed by atoms with Gasteiger partial charge in [0.15, 0.2) is 0 Å². The summed E-state index contributed by atoms with van der Waals surface area (Å²) in [5.41, 5.74) is 0.722. The lowest BCUT2D eigenvalue weighted by molar-refractivity contribution is -0.384. The van der Waals surface area contributed by atoms with Crippen LogP contribution in [0.2, 0.25) is 0 Å². The zero-order chi connectivity index (χ0) is 15.0. The number of aromatic nitrogens is 1. The van der Waals surface area contributed by atoms with Crippen molar-refractivity contribution in [1.29, 1.82) is 0 Å². The lowest BCUT2D eigenvalue weighted by Gasteiger charge is -2.04. The first-order valence-electron chi connectivity index (χ1n) is 6.09. The number of benzene rings is 1. The first-order valence-corrected chi connectivity index (χ1v) is 6.09. The fourth-order valence-corrected chi connectivity index (χ4v) is 2.23. The zero-order valence-corrected chi connectivity index (χ0v) is 10.7. The molecule has 0 aliphatic rings. The number of carbonyl (C=O) groups is 1. The zero-order valence-electron chi connectivity index (χ0n) is 10.7. The molecule has 3 aromatic rings. The van der Waals surface area contributed by atoms with E-state index in [-0.39, 0.29) is 17.8 Å². The van der Waals surface area contributed by atoms with Gasteiger partial charge in [-0.15, -0.1) is 0 Å². The number of rotatable bonds is 4. The molecule has 7 heteroatoms. The van der Waals surface area contributed by atoms with E-state index in [2.05, 4.69) is 0 Å². The van der Waals surface area contributed by atoms with Crippen LogP contribution in [0.15, 0.2) is 47.2 Å². The van der Waals surface area contributed by atoms with Gasteiger partial charge in [0.25, 0.3) is 5.69 Å². The van der Waals surface area contributed by atoms with Gasteiger partial charge in [-0.3, -0.25) is 10.1 Å².